The molecule has 2 rings (SSSR count). The van der Waals surface area contributed by atoms with Crippen LogP contribution in [0.15, 0.2) is 53.4 Å². The minimum Gasteiger partial charge on any atom is -0.254 e. The van der Waals surface area contributed by atoms with Crippen molar-refractivity contribution in [1.29, 1.82) is 0 Å². The maximum Gasteiger partial charge on any atom is 0.123 e. The molecule has 0 fully saturated rings. The maximum absolute atomic E-state index is 12.9. The lowest BCUT2D eigenvalue weighted by molar-refractivity contribution is 0.628. The number of rotatable bonds is 3. The third-order valence-electron chi connectivity index (χ3n) is 3.00. The SMILES string of the molecule is CC(C)(C)S(=O)c1ccccc1/C=C/c1ccc(F)cc1. The fraction of sp³-hybridized carbons (Fsp3) is 0.222. The van der Waals surface area contributed by atoms with E-state index in [0.29, 0.717) is 0 Å². The maximum atomic E-state index is 12.9. The van der Waals surface area contributed by atoms with E-state index in [1.54, 1.807) is 12.1 Å². The van der Waals surface area contributed by atoms with E-state index in [1.807, 2.05) is 57.2 Å². The fourth-order valence-corrected chi connectivity index (χ4v) is 3.09. The molecule has 0 aromatic heterocycles. The highest BCUT2D eigenvalue weighted by Gasteiger charge is 2.22. The quantitative estimate of drug-likeness (QED) is 0.737. The summed E-state index contributed by atoms with van der Waals surface area (Å²) in [6, 6.07) is 14.0. The van der Waals surface area contributed by atoms with E-state index in [-0.39, 0.29) is 10.6 Å². The average molecular weight is 302 g/mol. The molecule has 1 nitrogen and oxygen atoms in total. The number of hydrogen-bond acceptors (Lipinski definition) is 1. The Balaban J connectivity index is 2.33. The Hall–Kier alpha value is -1.74. The average Bonchev–Trinajstić information content (AvgIpc) is 2.45. The third kappa shape index (κ3) is 4.11. The van der Waals surface area contributed by atoms with Crippen molar-refractivity contribution in [3.63, 3.8) is 0 Å². The van der Waals surface area contributed by atoms with Gasteiger partial charge in [-0.1, -0.05) is 42.5 Å². The van der Waals surface area contributed by atoms with E-state index < -0.39 is 10.8 Å². The standard InChI is InChI=1S/C18H19FOS/c1-18(2,3)21(20)17-7-5-4-6-15(17)11-8-14-9-12-16(19)13-10-14/h4-13H,1-3H3/b11-8+. The van der Waals surface area contributed by atoms with Crippen LogP contribution in [0, 0.1) is 5.82 Å². The van der Waals surface area contributed by atoms with Crippen LogP contribution in [0.3, 0.4) is 0 Å². The van der Waals surface area contributed by atoms with Gasteiger partial charge in [-0.2, -0.15) is 0 Å². The Bertz CT molecular complexity index is 666. The van der Waals surface area contributed by atoms with Gasteiger partial charge in [-0.25, -0.2) is 4.39 Å². The molecule has 0 aliphatic rings. The van der Waals surface area contributed by atoms with Gasteiger partial charge in [0.1, 0.15) is 5.82 Å². The Morgan fingerprint density at radius 2 is 1.57 bits per heavy atom. The van der Waals surface area contributed by atoms with Crippen LogP contribution in [0.2, 0.25) is 0 Å². The lowest BCUT2D eigenvalue weighted by Crippen LogP contribution is -2.22. The Morgan fingerprint density at radius 3 is 2.19 bits per heavy atom. The monoisotopic (exact) mass is 302 g/mol. The van der Waals surface area contributed by atoms with Gasteiger partial charge in [-0.05, 0) is 50.1 Å². The van der Waals surface area contributed by atoms with E-state index in [9.17, 15) is 8.60 Å². The van der Waals surface area contributed by atoms with Crippen LogP contribution in [0.25, 0.3) is 12.2 Å². The highest BCUT2D eigenvalue weighted by Crippen LogP contribution is 2.24. The summed E-state index contributed by atoms with van der Waals surface area (Å²) in [7, 11) is -1.09. The minimum atomic E-state index is -1.09. The van der Waals surface area contributed by atoms with Crippen LogP contribution < -0.4 is 0 Å². The molecule has 0 N–H and O–H groups in total. The summed E-state index contributed by atoms with van der Waals surface area (Å²) in [5, 5.41) is 0. The van der Waals surface area contributed by atoms with Crippen molar-refractivity contribution in [2.24, 2.45) is 0 Å². The molecular formula is C18H19FOS. The number of halogens is 1. The molecule has 1 unspecified atom stereocenters. The molecular weight excluding hydrogens is 283 g/mol. The van der Waals surface area contributed by atoms with Crippen molar-refractivity contribution < 1.29 is 8.60 Å². The smallest absolute Gasteiger partial charge is 0.123 e. The van der Waals surface area contributed by atoms with Gasteiger partial charge in [0.05, 0.1) is 10.8 Å². The van der Waals surface area contributed by atoms with Crippen LogP contribution in [-0.4, -0.2) is 8.96 Å². The van der Waals surface area contributed by atoms with Gasteiger partial charge in [0.25, 0.3) is 0 Å². The molecule has 0 saturated heterocycles. The molecule has 2 aromatic rings. The van der Waals surface area contributed by atoms with Gasteiger partial charge in [0.15, 0.2) is 0 Å². The van der Waals surface area contributed by atoms with Crippen LogP contribution in [-0.2, 0) is 10.8 Å². The molecule has 0 saturated carbocycles. The fourth-order valence-electron chi connectivity index (χ4n) is 1.88. The molecule has 0 amide bonds. The molecule has 0 bridgehead atoms. The Morgan fingerprint density at radius 1 is 0.952 bits per heavy atom. The van der Waals surface area contributed by atoms with Crippen molar-refractivity contribution >= 4 is 23.0 Å². The number of benzene rings is 2. The third-order valence-corrected chi connectivity index (χ3v) is 4.88. The lowest BCUT2D eigenvalue weighted by Gasteiger charge is -2.19. The molecule has 110 valence electrons. The first kappa shape index (κ1) is 15.6. The van der Waals surface area contributed by atoms with Gasteiger partial charge in [0, 0.05) is 9.64 Å². The molecule has 0 spiro atoms. The second-order valence-corrected chi connectivity index (χ2v) is 8.01. The first-order valence-corrected chi connectivity index (χ1v) is 7.97. The molecule has 2 aromatic carbocycles. The molecule has 0 aliphatic heterocycles. The van der Waals surface area contributed by atoms with Gasteiger partial charge in [-0.3, -0.25) is 4.21 Å². The van der Waals surface area contributed by atoms with E-state index in [0.717, 1.165) is 16.0 Å². The van der Waals surface area contributed by atoms with Crippen molar-refractivity contribution in [3.05, 3.63) is 65.5 Å². The normalized spacial score (nSPS) is 13.5. The van der Waals surface area contributed by atoms with Crippen molar-refractivity contribution in [2.45, 2.75) is 30.4 Å². The molecule has 1 atom stereocenters. The highest BCUT2D eigenvalue weighted by atomic mass is 32.2. The van der Waals surface area contributed by atoms with Crippen molar-refractivity contribution in [3.8, 4) is 0 Å². The molecule has 0 radical (unpaired) electrons. The summed E-state index contributed by atoms with van der Waals surface area (Å²) in [6.07, 6.45) is 3.82. The van der Waals surface area contributed by atoms with Gasteiger partial charge >= 0.3 is 0 Å². The van der Waals surface area contributed by atoms with Crippen molar-refractivity contribution in [1.82, 2.24) is 0 Å². The Labute approximate surface area is 128 Å². The predicted molar refractivity (Wildman–Crippen MR) is 87.9 cm³/mol. The molecule has 0 aliphatic carbocycles. The van der Waals surface area contributed by atoms with Crippen LogP contribution in [0.4, 0.5) is 4.39 Å². The van der Waals surface area contributed by atoms with E-state index >= 15 is 0 Å². The second kappa shape index (κ2) is 6.35. The predicted octanol–water partition coefficient (Wildman–Crippen LogP) is 4.90. The summed E-state index contributed by atoms with van der Waals surface area (Å²) in [5.74, 6) is -0.249. The van der Waals surface area contributed by atoms with E-state index in [4.69, 9.17) is 0 Å². The van der Waals surface area contributed by atoms with Gasteiger partial charge < -0.3 is 0 Å². The second-order valence-electron chi connectivity index (χ2n) is 5.80. The van der Waals surface area contributed by atoms with E-state index in [1.165, 1.54) is 12.1 Å². The zero-order chi connectivity index (χ0) is 15.5. The largest absolute Gasteiger partial charge is 0.254 e. The summed E-state index contributed by atoms with van der Waals surface area (Å²) in [6.45, 7) is 5.89. The van der Waals surface area contributed by atoms with Gasteiger partial charge in [-0.15, -0.1) is 0 Å². The topological polar surface area (TPSA) is 17.1 Å². The summed E-state index contributed by atoms with van der Waals surface area (Å²) >= 11 is 0. The first-order chi connectivity index (χ1) is 9.88. The lowest BCUT2D eigenvalue weighted by atomic mass is 10.1. The van der Waals surface area contributed by atoms with Crippen LogP contribution in [0.1, 0.15) is 31.9 Å². The minimum absolute atomic E-state index is 0.249. The van der Waals surface area contributed by atoms with E-state index in [2.05, 4.69) is 0 Å². The first-order valence-electron chi connectivity index (χ1n) is 6.82. The molecule has 0 heterocycles. The van der Waals surface area contributed by atoms with Crippen molar-refractivity contribution in [2.75, 3.05) is 0 Å². The zero-order valence-corrected chi connectivity index (χ0v) is 13.3. The number of hydrogen-bond donors (Lipinski definition) is 0. The summed E-state index contributed by atoms with van der Waals surface area (Å²) in [4.78, 5) is 0.823. The summed E-state index contributed by atoms with van der Waals surface area (Å²) in [5.41, 5.74) is 1.84. The zero-order valence-electron chi connectivity index (χ0n) is 12.5. The summed E-state index contributed by atoms with van der Waals surface area (Å²) < 4.78 is 25.2. The molecule has 3 heteroatoms. The molecule has 21 heavy (non-hydrogen) atoms. The van der Waals surface area contributed by atoms with Crippen LogP contribution >= 0.6 is 0 Å². The Kier molecular flexibility index (Phi) is 4.73. The van der Waals surface area contributed by atoms with Gasteiger partial charge in [0.2, 0.25) is 0 Å². The highest BCUT2D eigenvalue weighted by molar-refractivity contribution is 7.86. The van der Waals surface area contributed by atoms with Crippen LogP contribution in [0.5, 0.6) is 0 Å².